The van der Waals surface area contributed by atoms with Crippen LogP contribution in [0.3, 0.4) is 0 Å². The number of carbonyl (C=O) groups excluding carboxylic acids is 2. The van der Waals surface area contributed by atoms with E-state index < -0.39 is 5.41 Å². The maximum Gasteiger partial charge on any atom is 0.311 e. The predicted octanol–water partition coefficient (Wildman–Crippen LogP) is 4.14. The van der Waals surface area contributed by atoms with Gasteiger partial charge < -0.3 is 9.47 Å². The summed E-state index contributed by atoms with van der Waals surface area (Å²) in [6.07, 6.45) is 10.8. The molecule has 25 heavy (non-hydrogen) atoms. The topological polar surface area (TPSA) is 52.6 Å². The Kier molecular flexibility index (Phi) is 5.55. The summed E-state index contributed by atoms with van der Waals surface area (Å²) in [7, 11) is 0. The van der Waals surface area contributed by atoms with Crippen LogP contribution in [0.1, 0.15) is 59.3 Å². The molecule has 0 spiro atoms. The van der Waals surface area contributed by atoms with Gasteiger partial charge in [-0.25, -0.2) is 0 Å². The van der Waals surface area contributed by atoms with Crippen molar-refractivity contribution in [1.82, 2.24) is 0 Å². The third-order valence-corrected chi connectivity index (χ3v) is 6.07. The van der Waals surface area contributed by atoms with E-state index in [9.17, 15) is 9.59 Å². The van der Waals surface area contributed by atoms with Gasteiger partial charge >= 0.3 is 11.9 Å². The number of hydrogen-bond acceptors (Lipinski definition) is 4. The molecule has 3 unspecified atom stereocenters. The summed E-state index contributed by atoms with van der Waals surface area (Å²) in [4.78, 5) is 24.1. The quantitative estimate of drug-likeness (QED) is 0.553. The zero-order chi connectivity index (χ0) is 18.0. The molecule has 3 rings (SSSR count). The minimum Gasteiger partial charge on any atom is -0.465 e. The summed E-state index contributed by atoms with van der Waals surface area (Å²) < 4.78 is 11.1. The van der Waals surface area contributed by atoms with Crippen LogP contribution in [0, 0.1) is 35.0 Å². The summed E-state index contributed by atoms with van der Waals surface area (Å²) in [5.41, 5.74) is -0.430. The molecular weight excluding hydrogens is 316 g/mol. The van der Waals surface area contributed by atoms with Crippen LogP contribution >= 0.6 is 0 Å². The van der Waals surface area contributed by atoms with Crippen LogP contribution < -0.4 is 0 Å². The summed E-state index contributed by atoms with van der Waals surface area (Å²) in [5, 5.41) is 0. The van der Waals surface area contributed by atoms with E-state index in [4.69, 9.17) is 9.47 Å². The van der Waals surface area contributed by atoms with Crippen molar-refractivity contribution in [2.24, 2.45) is 35.0 Å². The Morgan fingerprint density at radius 2 is 1.52 bits per heavy atom. The Bertz CT molecular complexity index is 523. The lowest BCUT2D eigenvalue weighted by Gasteiger charge is -2.29. The minimum atomic E-state index is -0.430. The SMILES string of the molecule is CC(C)(C)C(=O)OCC1CCC(COC(=O)C2CC3C=CC2C3)CC1. The van der Waals surface area contributed by atoms with Gasteiger partial charge in [0.15, 0.2) is 0 Å². The van der Waals surface area contributed by atoms with Crippen molar-refractivity contribution in [1.29, 1.82) is 0 Å². The van der Waals surface area contributed by atoms with Gasteiger partial charge in [-0.3, -0.25) is 9.59 Å². The Morgan fingerprint density at radius 1 is 0.920 bits per heavy atom. The Labute approximate surface area is 151 Å². The maximum atomic E-state index is 12.3. The molecule has 3 aliphatic carbocycles. The number of esters is 2. The van der Waals surface area contributed by atoms with Gasteiger partial charge in [0.2, 0.25) is 0 Å². The number of fused-ring (bicyclic) bond motifs is 2. The van der Waals surface area contributed by atoms with E-state index in [1.54, 1.807) is 0 Å². The third-order valence-electron chi connectivity index (χ3n) is 6.07. The highest BCUT2D eigenvalue weighted by Crippen LogP contribution is 2.44. The van der Waals surface area contributed by atoms with Crippen LogP contribution in [0.4, 0.5) is 0 Å². The molecule has 0 radical (unpaired) electrons. The lowest BCUT2D eigenvalue weighted by molar-refractivity contribution is -0.155. The van der Waals surface area contributed by atoms with E-state index in [0.717, 1.165) is 38.5 Å². The third kappa shape index (κ3) is 4.65. The number of carbonyl (C=O) groups is 2. The predicted molar refractivity (Wildman–Crippen MR) is 95.7 cm³/mol. The first kappa shape index (κ1) is 18.5. The molecule has 0 N–H and O–H groups in total. The lowest BCUT2D eigenvalue weighted by atomic mass is 9.82. The fourth-order valence-electron chi connectivity index (χ4n) is 4.33. The molecule has 3 aliphatic rings. The molecule has 0 amide bonds. The van der Waals surface area contributed by atoms with Crippen molar-refractivity contribution in [3.05, 3.63) is 12.2 Å². The number of ether oxygens (including phenoxy) is 2. The highest BCUT2D eigenvalue weighted by molar-refractivity contribution is 5.75. The second-order valence-electron chi connectivity index (χ2n) is 9.25. The van der Waals surface area contributed by atoms with Crippen LogP contribution in [0.2, 0.25) is 0 Å². The lowest BCUT2D eigenvalue weighted by Crippen LogP contribution is -2.29. The zero-order valence-corrected chi connectivity index (χ0v) is 15.8. The van der Waals surface area contributed by atoms with Crippen LogP contribution in [0.25, 0.3) is 0 Å². The number of rotatable bonds is 5. The average Bonchev–Trinajstić information content (AvgIpc) is 3.20. The van der Waals surface area contributed by atoms with Gasteiger partial charge in [0.05, 0.1) is 24.5 Å². The van der Waals surface area contributed by atoms with E-state index in [-0.39, 0.29) is 17.9 Å². The fourth-order valence-corrected chi connectivity index (χ4v) is 4.33. The van der Waals surface area contributed by atoms with Gasteiger partial charge in [0.25, 0.3) is 0 Å². The first-order valence-electron chi connectivity index (χ1n) is 9.85. The molecule has 4 heteroatoms. The molecule has 2 bridgehead atoms. The molecule has 4 nitrogen and oxygen atoms in total. The van der Waals surface area contributed by atoms with Gasteiger partial charge in [0, 0.05) is 0 Å². The first-order valence-corrected chi connectivity index (χ1v) is 9.85. The molecule has 0 saturated heterocycles. The van der Waals surface area contributed by atoms with E-state index in [2.05, 4.69) is 12.2 Å². The van der Waals surface area contributed by atoms with E-state index in [1.807, 2.05) is 20.8 Å². The number of allylic oxidation sites excluding steroid dienone is 2. The summed E-state index contributed by atoms with van der Waals surface area (Å²) in [6, 6.07) is 0. The fraction of sp³-hybridized carbons (Fsp3) is 0.810. The molecule has 0 aromatic rings. The van der Waals surface area contributed by atoms with Crippen molar-refractivity contribution in [2.45, 2.75) is 59.3 Å². The molecule has 2 fully saturated rings. The van der Waals surface area contributed by atoms with Crippen LogP contribution in [-0.2, 0) is 19.1 Å². The summed E-state index contributed by atoms with van der Waals surface area (Å²) in [5.74, 6) is 1.94. The van der Waals surface area contributed by atoms with Crippen molar-refractivity contribution < 1.29 is 19.1 Å². The van der Waals surface area contributed by atoms with Crippen LogP contribution in [0.5, 0.6) is 0 Å². The second kappa shape index (κ2) is 7.51. The van der Waals surface area contributed by atoms with Gasteiger partial charge in [-0.1, -0.05) is 12.2 Å². The van der Waals surface area contributed by atoms with E-state index in [1.165, 1.54) is 0 Å². The van der Waals surface area contributed by atoms with E-state index in [0.29, 0.717) is 36.9 Å². The molecule has 0 heterocycles. The van der Waals surface area contributed by atoms with Gasteiger partial charge in [0.1, 0.15) is 0 Å². The molecule has 3 atom stereocenters. The monoisotopic (exact) mass is 348 g/mol. The highest BCUT2D eigenvalue weighted by Gasteiger charge is 2.41. The normalized spacial score (nSPS) is 34.1. The summed E-state index contributed by atoms with van der Waals surface area (Å²) >= 11 is 0. The highest BCUT2D eigenvalue weighted by atomic mass is 16.5. The smallest absolute Gasteiger partial charge is 0.311 e. The Hall–Kier alpha value is -1.32. The Balaban J connectivity index is 1.32. The standard InChI is InChI=1S/C21H32O4/c1-21(2,3)20(23)25-13-15-6-4-14(5-7-15)12-24-19(22)18-11-16-8-9-17(18)10-16/h8-9,14-18H,4-7,10-13H2,1-3H3. The van der Waals surface area contributed by atoms with Crippen LogP contribution in [0.15, 0.2) is 12.2 Å². The second-order valence-corrected chi connectivity index (χ2v) is 9.25. The van der Waals surface area contributed by atoms with Crippen molar-refractivity contribution >= 4 is 11.9 Å². The molecule has 0 aliphatic heterocycles. The first-order chi connectivity index (χ1) is 11.8. The summed E-state index contributed by atoms with van der Waals surface area (Å²) in [6.45, 7) is 6.73. The van der Waals surface area contributed by atoms with Crippen molar-refractivity contribution in [3.8, 4) is 0 Å². The van der Waals surface area contributed by atoms with Gasteiger partial charge in [-0.15, -0.1) is 0 Å². The van der Waals surface area contributed by atoms with Gasteiger partial charge in [-0.2, -0.15) is 0 Å². The van der Waals surface area contributed by atoms with Crippen molar-refractivity contribution in [3.63, 3.8) is 0 Å². The minimum absolute atomic E-state index is 0.0121. The zero-order valence-electron chi connectivity index (χ0n) is 15.8. The molecular formula is C21H32O4. The number of hydrogen-bond donors (Lipinski definition) is 0. The van der Waals surface area contributed by atoms with E-state index >= 15 is 0 Å². The molecule has 0 aromatic heterocycles. The average molecular weight is 348 g/mol. The molecule has 2 saturated carbocycles. The van der Waals surface area contributed by atoms with Crippen molar-refractivity contribution in [2.75, 3.05) is 13.2 Å². The van der Waals surface area contributed by atoms with Gasteiger partial charge in [-0.05, 0) is 83.0 Å². The molecule has 140 valence electrons. The maximum absolute atomic E-state index is 12.3. The molecule has 0 aromatic carbocycles. The van der Waals surface area contributed by atoms with Crippen LogP contribution in [-0.4, -0.2) is 25.2 Å². The Morgan fingerprint density at radius 3 is 2.00 bits per heavy atom. The largest absolute Gasteiger partial charge is 0.465 e.